The van der Waals surface area contributed by atoms with Gasteiger partial charge < -0.3 is 4.90 Å². The van der Waals surface area contributed by atoms with E-state index in [1.807, 2.05) is 24.4 Å². The largest absolute Gasteiger partial charge is 0.312 e. The number of amides is 1. The van der Waals surface area contributed by atoms with Crippen molar-refractivity contribution in [3.05, 3.63) is 22.7 Å². The van der Waals surface area contributed by atoms with Gasteiger partial charge in [0.1, 0.15) is 6.54 Å². The molecule has 5 heteroatoms. The Bertz CT molecular complexity index is 466. The summed E-state index contributed by atoms with van der Waals surface area (Å²) < 4.78 is 0.893. The second kappa shape index (κ2) is 3.55. The minimum atomic E-state index is -0.0774. The van der Waals surface area contributed by atoms with Gasteiger partial charge in [0.05, 0.1) is 11.4 Å². The molecule has 1 aliphatic heterocycles. The number of anilines is 2. The Morgan fingerprint density at radius 1 is 1.47 bits per heavy atom. The van der Waals surface area contributed by atoms with Crippen LogP contribution < -0.4 is 9.80 Å². The van der Waals surface area contributed by atoms with Gasteiger partial charge in [0.2, 0.25) is 5.91 Å². The summed E-state index contributed by atoms with van der Waals surface area (Å²) in [6.45, 7) is 0.108. The van der Waals surface area contributed by atoms with Crippen molar-refractivity contribution in [1.82, 2.24) is 0 Å². The minimum Gasteiger partial charge on any atom is -0.312 e. The lowest BCUT2D eigenvalue weighted by molar-refractivity contribution is -0.117. The highest BCUT2D eigenvalue weighted by Gasteiger charge is 2.26. The predicted octanol–water partition coefficient (Wildman–Crippen LogP) is 1.71. The van der Waals surface area contributed by atoms with Crippen LogP contribution in [0.15, 0.2) is 22.7 Å². The molecule has 1 aromatic rings. The Morgan fingerprint density at radius 2 is 2.20 bits per heavy atom. The minimum absolute atomic E-state index is 0.0774. The van der Waals surface area contributed by atoms with Crippen LogP contribution in [-0.2, 0) is 4.79 Å². The fourth-order valence-electron chi connectivity index (χ4n) is 1.55. The summed E-state index contributed by atoms with van der Waals surface area (Å²) in [5.74, 6) is -0.0774. The van der Waals surface area contributed by atoms with Crippen molar-refractivity contribution in [3.63, 3.8) is 0 Å². The van der Waals surface area contributed by atoms with Crippen LogP contribution in [0.4, 0.5) is 11.4 Å². The predicted molar refractivity (Wildman–Crippen MR) is 60.5 cm³/mol. The van der Waals surface area contributed by atoms with Crippen molar-refractivity contribution in [1.29, 1.82) is 5.26 Å². The Balaban J connectivity index is 2.59. The number of nitrogens with zero attached hydrogens (tertiary/aromatic N) is 3. The lowest BCUT2D eigenvalue weighted by atomic mass is 10.2. The molecular formula is C10H8BrN3O. The topological polar surface area (TPSA) is 47.3 Å². The molecule has 76 valence electrons. The van der Waals surface area contributed by atoms with Crippen molar-refractivity contribution in [2.75, 3.05) is 23.4 Å². The zero-order chi connectivity index (χ0) is 11.0. The summed E-state index contributed by atoms with van der Waals surface area (Å²) in [5, 5.41) is 8.92. The molecule has 0 atom stereocenters. The van der Waals surface area contributed by atoms with Crippen molar-refractivity contribution in [2.24, 2.45) is 0 Å². The second-order valence-corrected chi connectivity index (χ2v) is 4.19. The molecule has 1 amide bonds. The Labute approximate surface area is 95.8 Å². The molecular weight excluding hydrogens is 258 g/mol. The lowest BCUT2D eigenvalue weighted by Gasteiger charge is -2.30. The quantitative estimate of drug-likeness (QED) is 0.671. The van der Waals surface area contributed by atoms with Crippen molar-refractivity contribution in [3.8, 4) is 6.19 Å². The number of likely N-dealkylation sites (N-methyl/N-ethyl adjacent to an activating group) is 1. The van der Waals surface area contributed by atoms with Gasteiger partial charge in [-0.3, -0.25) is 9.69 Å². The molecule has 0 spiro atoms. The Hall–Kier alpha value is -1.54. The fourth-order valence-corrected chi connectivity index (χ4v) is 1.90. The third-order valence-electron chi connectivity index (χ3n) is 2.38. The fraction of sp³-hybridized carbons (Fsp3) is 0.200. The summed E-state index contributed by atoms with van der Waals surface area (Å²) in [5.41, 5.74) is 1.52. The number of carbonyl (C=O) groups is 1. The van der Waals surface area contributed by atoms with E-state index in [4.69, 9.17) is 5.26 Å². The van der Waals surface area contributed by atoms with Gasteiger partial charge in [0, 0.05) is 11.5 Å². The molecule has 0 radical (unpaired) electrons. The Kier molecular flexibility index (Phi) is 2.37. The molecule has 0 aliphatic carbocycles. The normalized spacial score (nSPS) is 14.9. The first-order valence-electron chi connectivity index (χ1n) is 4.37. The van der Waals surface area contributed by atoms with Gasteiger partial charge in [0.25, 0.3) is 0 Å². The highest BCUT2D eigenvalue weighted by Crippen LogP contribution is 2.34. The Morgan fingerprint density at radius 3 is 2.87 bits per heavy atom. The van der Waals surface area contributed by atoms with Crippen LogP contribution in [0.3, 0.4) is 0 Å². The lowest BCUT2D eigenvalue weighted by Crippen LogP contribution is -2.41. The zero-order valence-electron chi connectivity index (χ0n) is 8.07. The van der Waals surface area contributed by atoms with E-state index in [0.29, 0.717) is 0 Å². The second-order valence-electron chi connectivity index (χ2n) is 3.27. The van der Waals surface area contributed by atoms with Crippen molar-refractivity contribution < 1.29 is 4.79 Å². The first-order chi connectivity index (χ1) is 7.13. The van der Waals surface area contributed by atoms with E-state index < -0.39 is 0 Å². The van der Waals surface area contributed by atoms with E-state index in [0.717, 1.165) is 15.8 Å². The van der Waals surface area contributed by atoms with Gasteiger partial charge in [-0.1, -0.05) is 15.9 Å². The number of benzene rings is 1. The average molecular weight is 266 g/mol. The molecule has 1 aliphatic rings. The molecule has 0 unspecified atom stereocenters. The van der Waals surface area contributed by atoms with Crippen LogP contribution in [0.25, 0.3) is 0 Å². The number of hydrogen-bond acceptors (Lipinski definition) is 3. The maximum absolute atomic E-state index is 11.5. The van der Waals surface area contributed by atoms with Gasteiger partial charge in [-0.2, -0.15) is 5.26 Å². The SMILES string of the molecule is CN1C(=O)CN(C#N)c2cc(Br)ccc21. The number of fused-ring (bicyclic) bond motifs is 1. The van der Waals surface area contributed by atoms with Crippen LogP contribution in [-0.4, -0.2) is 19.5 Å². The maximum atomic E-state index is 11.5. The van der Waals surface area contributed by atoms with E-state index in [2.05, 4.69) is 15.9 Å². The first kappa shape index (κ1) is 9.99. The van der Waals surface area contributed by atoms with E-state index in [9.17, 15) is 4.79 Å². The standard InChI is InChI=1S/C10H8BrN3O/c1-13-8-3-2-7(11)4-9(8)14(6-12)5-10(13)15/h2-4H,5H2,1H3. The molecule has 2 rings (SSSR count). The molecule has 15 heavy (non-hydrogen) atoms. The van der Waals surface area contributed by atoms with Crippen LogP contribution >= 0.6 is 15.9 Å². The van der Waals surface area contributed by atoms with Gasteiger partial charge in [-0.15, -0.1) is 0 Å². The molecule has 1 heterocycles. The summed E-state index contributed by atoms with van der Waals surface area (Å²) in [6.07, 6.45) is 2.00. The van der Waals surface area contributed by atoms with Crippen LogP contribution in [0.5, 0.6) is 0 Å². The third-order valence-corrected chi connectivity index (χ3v) is 2.87. The van der Waals surface area contributed by atoms with E-state index >= 15 is 0 Å². The third kappa shape index (κ3) is 1.57. The monoisotopic (exact) mass is 265 g/mol. The van der Waals surface area contributed by atoms with E-state index in [1.54, 1.807) is 11.9 Å². The summed E-state index contributed by atoms with van der Waals surface area (Å²) >= 11 is 3.34. The molecule has 0 saturated heterocycles. The number of rotatable bonds is 0. The first-order valence-corrected chi connectivity index (χ1v) is 5.16. The van der Waals surface area contributed by atoms with Crippen LogP contribution in [0, 0.1) is 11.5 Å². The van der Waals surface area contributed by atoms with Crippen LogP contribution in [0.2, 0.25) is 0 Å². The number of hydrogen-bond donors (Lipinski definition) is 0. The van der Waals surface area contributed by atoms with Gasteiger partial charge in [-0.05, 0) is 18.2 Å². The summed E-state index contributed by atoms with van der Waals surface area (Å²) in [6, 6.07) is 5.51. The van der Waals surface area contributed by atoms with Crippen molar-refractivity contribution in [2.45, 2.75) is 0 Å². The molecule has 0 N–H and O–H groups in total. The van der Waals surface area contributed by atoms with Gasteiger partial charge >= 0.3 is 0 Å². The average Bonchev–Trinajstić information content (AvgIpc) is 2.23. The molecule has 0 fully saturated rings. The zero-order valence-corrected chi connectivity index (χ0v) is 9.65. The summed E-state index contributed by atoms with van der Waals surface area (Å²) in [7, 11) is 1.71. The van der Waals surface area contributed by atoms with Crippen LogP contribution in [0.1, 0.15) is 0 Å². The molecule has 1 aromatic carbocycles. The van der Waals surface area contributed by atoms with E-state index in [-0.39, 0.29) is 12.5 Å². The van der Waals surface area contributed by atoms with Gasteiger partial charge in [0.15, 0.2) is 6.19 Å². The maximum Gasteiger partial charge on any atom is 0.247 e. The molecule has 0 saturated carbocycles. The van der Waals surface area contributed by atoms with Crippen molar-refractivity contribution >= 4 is 33.2 Å². The molecule has 0 bridgehead atoms. The summed E-state index contributed by atoms with van der Waals surface area (Å²) in [4.78, 5) is 14.5. The van der Waals surface area contributed by atoms with Gasteiger partial charge in [-0.25, -0.2) is 0 Å². The highest BCUT2D eigenvalue weighted by molar-refractivity contribution is 9.10. The molecule has 0 aromatic heterocycles. The molecule has 4 nitrogen and oxygen atoms in total. The highest BCUT2D eigenvalue weighted by atomic mass is 79.9. The smallest absolute Gasteiger partial charge is 0.247 e. The van der Waals surface area contributed by atoms with E-state index in [1.165, 1.54) is 4.90 Å². The number of halogens is 1. The number of carbonyl (C=O) groups excluding carboxylic acids is 1. The number of nitriles is 1.